The van der Waals surface area contributed by atoms with E-state index in [2.05, 4.69) is 10.1 Å². The van der Waals surface area contributed by atoms with E-state index in [1.807, 2.05) is 13.8 Å². The minimum Gasteiger partial charge on any atom is -0.508 e. The molecule has 0 aliphatic heterocycles. The van der Waals surface area contributed by atoms with Crippen LogP contribution in [-0.4, -0.2) is 29.6 Å². The summed E-state index contributed by atoms with van der Waals surface area (Å²) in [7, 11) is 0. The summed E-state index contributed by atoms with van der Waals surface area (Å²) in [5, 5.41) is 21.5. The number of nitrogens with zero attached hydrogens (tertiary/aromatic N) is 1. The van der Waals surface area contributed by atoms with E-state index in [1.54, 1.807) is 13.0 Å². The van der Waals surface area contributed by atoms with Gasteiger partial charge in [0.05, 0.1) is 12.6 Å². The van der Waals surface area contributed by atoms with Crippen LogP contribution >= 0.6 is 0 Å². The smallest absolute Gasteiger partial charge is 0.352 e. The number of carbonyl (C=O) groups excluding carboxylic acids is 2. The average molecular weight is 268 g/mol. The van der Waals surface area contributed by atoms with Gasteiger partial charge in [-0.3, -0.25) is 4.79 Å². The first-order valence-electron chi connectivity index (χ1n) is 6.10. The number of nitriles is 1. The second-order valence-electron chi connectivity index (χ2n) is 4.48. The molecule has 0 aliphatic rings. The fraction of sp³-hybridized carbons (Fsp3) is 0.615. The summed E-state index contributed by atoms with van der Waals surface area (Å²) in [6.07, 6.45) is 0.413. The van der Waals surface area contributed by atoms with Crippen LogP contribution in [-0.2, 0) is 14.3 Å². The van der Waals surface area contributed by atoms with Gasteiger partial charge in [-0.15, -0.1) is 0 Å². The average Bonchev–Trinajstić information content (AvgIpc) is 2.28. The second-order valence-corrected chi connectivity index (χ2v) is 4.48. The van der Waals surface area contributed by atoms with Crippen molar-refractivity contribution < 1.29 is 19.4 Å². The number of hydrogen-bond donors (Lipinski definition) is 2. The molecule has 1 atom stereocenters. The number of ether oxygens (including phenoxy) is 1. The quantitative estimate of drug-likeness (QED) is 0.328. The van der Waals surface area contributed by atoms with E-state index in [-0.39, 0.29) is 18.4 Å². The number of esters is 1. The molecular formula is C13H20N2O4. The van der Waals surface area contributed by atoms with Crippen LogP contribution in [0, 0.1) is 17.2 Å². The maximum absolute atomic E-state index is 11.5. The van der Waals surface area contributed by atoms with Gasteiger partial charge in [-0.25, -0.2) is 4.79 Å². The predicted octanol–water partition coefficient (Wildman–Crippen LogP) is 1.44. The Labute approximate surface area is 113 Å². The predicted molar refractivity (Wildman–Crippen MR) is 69.0 cm³/mol. The molecule has 0 rings (SSSR count). The summed E-state index contributed by atoms with van der Waals surface area (Å²) in [5.41, 5.74) is -0.471. The van der Waals surface area contributed by atoms with Crippen LogP contribution in [0.15, 0.2) is 11.3 Å². The molecule has 0 saturated carbocycles. The van der Waals surface area contributed by atoms with E-state index in [4.69, 9.17) is 5.26 Å². The Morgan fingerprint density at radius 2 is 2.00 bits per heavy atom. The Kier molecular flexibility index (Phi) is 7.27. The van der Waals surface area contributed by atoms with Crippen molar-refractivity contribution in [3.05, 3.63) is 11.3 Å². The summed E-state index contributed by atoms with van der Waals surface area (Å²) in [6.45, 7) is 6.81. The van der Waals surface area contributed by atoms with E-state index in [0.29, 0.717) is 6.42 Å². The van der Waals surface area contributed by atoms with Gasteiger partial charge in [0.15, 0.2) is 5.57 Å². The fourth-order valence-corrected chi connectivity index (χ4v) is 1.54. The van der Waals surface area contributed by atoms with Crippen LogP contribution in [0.5, 0.6) is 0 Å². The third kappa shape index (κ3) is 5.91. The van der Waals surface area contributed by atoms with Crippen molar-refractivity contribution in [1.29, 1.82) is 5.26 Å². The highest BCUT2D eigenvalue weighted by Crippen LogP contribution is 2.15. The maximum Gasteiger partial charge on any atom is 0.352 e. The van der Waals surface area contributed by atoms with Gasteiger partial charge in [-0.2, -0.15) is 5.26 Å². The van der Waals surface area contributed by atoms with Crippen molar-refractivity contribution in [3.63, 3.8) is 0 Å². The van der Waals surface area contributed by atoms with E-state index in [1.165, 1.54) is 6.92 Å². The van der Waals surface area contributed by atoms with Gasteiger partial charge < -0.3 is 15.2 Å². The normalized spacial score (nSPS) is 13.3. The number of carbonyl (C=O) groups is 2. The molecule has 0 aromatic heterocycles. The number of nitrogens with one attached hydrogen (secondary N) is 1. The van der Waals surface area contributed by atoms with E-state index in [0.717, 1.165) is 0 Å². The Morgan fingerprint density at radius 1 is 1.42 bits per heavy atom. The number of rotatable bonds is 6. The first-order valence-corrected chi connectivity index (χ1v) is 6.10. The molecule has 0 radical (unpaired) electrons. The molecule has 0 heterocycles. The largest absolute Gasteiger partial charge is 0.508 e. The Balaban J connectivity index is 5.31. The van der Waals surface area contributed by atoms with Crippen molar-refractivity contribution >= 4 is 11.9 Å². The van der Waals surface area contributed by atoms with E-state index in [9.17, 15) is 14.7 Å². The lowest BCUT2D eigenvalue weighted by molar-refractivity contribution is -0.138. The number of aliphatic hydroxyl groups is 1. The van der Waals surface area contributed by atoms with Crippen LogP contribution in [0.25, 0.3) is 0 Å². The van der Waals surface area contributed by atoms with Crippen molar-refractivity contribution in [1.82, 2.24) is 5.32 Å². The molecule has 0 fully saturated rings. The molecule has 106 valence electrons. The lowest BCUT2D eigenvalue weighted by Gasteiger charge is -2.19. The van der Waals surface area contributed by atoms with Gasteiger partial charge in [-0.05, 0) is 19.3 Å². The molecule has 0 saturated heterocycles. The third-order valence-corrected chi connectivity index (χ3v) is 2.26. The Bertz CT molecular complexity index is 407. The monoisotopic (exact) mass is 268 g/mol. The highest BCUT2D eigenvalue weighted by molar-refractivity contribution is 5.93. The molecule has 2 N–H and O–H groups in total. The highest BCUT2D eigenvalue weighted by atomic mass is 16.5. The van der Waals surface area contributed by atoms with Gasteiger partial charge in [0.25, 0.3) is 0 Å². The Morgan fingerprint density at radius 3 is 2.37 bits per heavy atom. The zero-order chi connectivity index (χ0) is 15.0. The number of aliphatic hydroxyl groups excluding tert-OH is 1. The van der Waals surface area contributed by atoms with Gasteiger partial charge in [0.1, 0.15) is 11.8 Å². The molecule has 6 heteroatoms. The molecule has 0 unspecified atom stereocenters. The van der Waals surface area contributed by atoms with Crippen molar-refractivity contribution in [2.45, 2.75) is 40.2 Å². The van der Waals surface area contributed by atoms with Crippen molar-refractivity contribution in [2.75, 3.05) is 6.61 Å². The summed E-state index contributed by atoms with van der Waals surface area (Å²) in [6, 6.07) is 0.850. The lowest BCUT2D eigenvalue weighted by atomic mass is 9.99. The van der Waals surface area contributed by atoms with E-state index >= 15 is 0 Å². The van der Waals surface area contributed by atoms with Gasteiger partial charge >= 0.3 is 5.97 Å². The summed E-state index contributed by atoms with van der Waals surface area (Å²) in [5.74, 6) is -1.52. The summed E-state index contributed by atoms with van der Waals surface area (Å²) in [4.78, 5) is 22.6. The van der Waals surface area contributed by atoms with Crippen LogP contribution < -0.4 is 5.32 Å². The standard InChI is InChI=1S/C13H20N2O4/c1-5-19-13(18)10(7-14)12(17)11(6-8(2)3)15-9(4)16/h8,11,17H,5-6H2,1-4H3,(H,15,16)/b12-10+/t11-/m0/s1. The zero-order valence-electron chi connectivity index (χ0n) is 11.7. The lowest BCUT2D eigenvalue weighted by Crippen LogP contribution is -2.37. The zero-order valence-corrected chi connectivity index (χ0v) is 11.7. The number of amides is 1. The van der Waals surface area contributed by atoms with Crippen LogP contribution in [0.1, 0.15) is 34.1 Å². The molecular weight excluding hydrogens is 248 g/mol. The third-order valence-electron chi connectivity index (χ3n) is 2.26. The number of hydrogen-bond acceptors (Lipinski definition) is 5. The molecule has 1 amide bonds. The summed E-state index contributed by atoms with van der Waals surface area (Å²) < 4.78 is 4.68. The summed E-state index contributed by atoms with van der Waals surface area (Å²) >= 11 is 0. The molecule has 0 aromatic rings. The highest BCUT2D eigenvalue weighted by Gasteiger charge is 2.24. The van der Waals surface area contributed by atoms with Gasteiger partial charge in [-0.1, -0.05) is 13.8 Å². The fourth-order valence-electron chi connectivity index (χ4n) is 1.54. The Hall–Kier alpha value is -2.03. The SMILES string of the molecule is CCOC(=O)/C(C#N)=C(/O)[C@H](CC(C)C)NC(C)=O. The molecule has 0 bridgehead atoms. The molecule has 0 aliphatic carbocycles. The van der Waals surface area contributed by atoms with Crippen molar-refractivity contribution in [3.8, 4) is 6.07 Å². The second kappa shape index (κ2) is 8.14. The van der Waals surface area contributed by atoms with E-state index < -0.39 is 23.3 Å². The molecule has 6 nitrogen and oxygen atoms in total. The van der Waals surface area contributed by atoms with Gasteiger partial charge in [0, 0.05) is 6.92 Å². The van der Waals surface area contributed by atoms with Crippen LogP contribution in [0.4, 0.5) is 0 Å². The topological polar surface area (TPSA) is 99.4 Å². The molecule has 0 spiro atoms. The molecule has 0 aromatic carbocycles. The minimum atomic E-state index is -0.887. The van der Waals surface area contributed by atoms with Crippen molar-refractivity contribution in [2.24, 2.45) is 5.92 Å². The maximum atomic E-state index is 11.5. The first kappa shape index (κ1) is 17.0. The minimum absolute atomic E-state index is 0.103. The van der Waals surface area contributed by atoms with Crippen LogP contribution in [0.3, 0.4) is 0 Å². The first-order chi connectivity index (χ1) is 8.83. The molecule has 19 heavy (non-hydrogen) atoms. The van der Waals surface area contributed by atoms with Gasteiger partial charge in [0.2, 0.25) is 5.91 Å². The van der Waals surface area contributed by atoms with Crippen LogP contribution in [0.2, 0.25) is 0 Å².